The van der Waals surface area contributed by atoms with Gasteiger partial charge in [-0.05, 0) is 94.7 Å². The number of pyridine rings is 1. The van der Waals surface area contributed by atoms with Gasteiger partial charge >= 0.3 is 5.97 Å². The fourth-order valence-electron chi connectivity index (χ4n) is 6.88. The third kappa shape index (κ3) is 7.38. The molecule has 1 aliphatic carbocycles. The number of carbonyl (C=O) groups is 1. The SMILES string of the molecule is Cc1nc(C)c(C(OC(C)(C)C)C(=O)O)c(N2CC[C@H]3CCCC[C@@H]3C2)c1-c1ccc(OCCc2ccc(F)cc2)cc1. The van der Waals surface area contributed by atoms with Crippen LogP contribution in [0.4, 0.5) is 10.1 Å². The molecule has 0 bridgehead atoms. The molecular formula is C36H45FN2O4. The number of piperidine rings is 1. The fourth-order valence-corrected chi connectivity index (χ4v) is 6.88. The lowest BCUT2D eigenvalue weighted by molar-refractivity contribution is -0.160. The van der Waals surface area contributed by atoms with Gasteiger partial charge in [0.1, 0.15) is 11.6 Å². The second-order valence-corrected chi connectivity index (χ2v) is 13.2. The third-order valence-corrected chi connectivity index (χ3v) is 8.86. The molecule has 1 saturated heterocycles. The number of halogens is 1. The van der Waals surface area contributed by atoms with Crippen LogP contribution >= 0.6 is 0 Å². The normalized spacial score (nSPS) is 19.5. The van der Waals surface area contributed by atoms with Crippen molar-refractivity contribution in [3.63, 3.8) is 0 Å². The monoisotopic (exact) mass is 588 g/mol. The molecule has 2 heterocycles. The lowest BCUT2D eigenvalue weighted by atomic mass is 9.74. The highest BCUT2D eigenvalue weighted by Gasteiger charge is 2.38. The molecule has 6 nitrogen and oxygen atoms in total. The maximum atomic E-state index is 13.2. The van der Waals surface area contributed by atoms with Crippen LogP contribution in [0.3, 0.4) is 0 Å². The van der Waals surface area contributed by atoms with Crippen LogP contribution in [0.1, 0.15) is 81.5 Å². The molecule has 43 heavy (non-hydrogen) atoms. The maximum absolute atomic E-state index is 13.2. The Morgan fingerprint density at radius 2 is 1.67 bits per heavy atom. The molecule has 1 aromatic heterocycles. The van der Waals surface area contributed by atoms with Gasteiger partial charge < -0.3 is 19.5 Å². The Balaban J connectivity index is 1.51. The van der Waals surface area contributed by atoms with Crippen LogP contribution < -0.4 is 9.64 Å². The van der Waals surface area contributed by atoms with Crippen LogP contribution in [0.5, 0.6) is 5.75 Å². The molecule has 1 aliphatic heterocycles. The zero-order valence-electron chi connectivity index (χ0n) is 26.2. The number of fused-ring (bicyclic) bond motifs is 1. The van der Waals surface area contributed by atoms with E-state index in [-0.39, 0.29) is 5.82 Å². The third-order valence-electron chi connectivity index (χ3n) is 8.86. The van der Waals surface area contributed by atoms with Crippen molar-refractivity contribution in [3.8, 4) is 16.9 Å². The summed E-state index contributed by atoms with van der Waals surface area (Å²) in [6.45, 7) is 11.9. The second-order valence-electron chi connectivity index (χ2n) is 13.2. The van der Waals surface area contributed by atoms with E-state index in [0.29, 0.717) is 30.2 Å². The topological polar surface area (TPSA) is 71.9 Å². The second kappa shape index (κ2) is 13.0. The van der Waals surface area contributed by atoms with E-state index in [1.54, 1.807) is 12.1 Å². The Morgan fingerprint density at radius 3 is 2.33 bits per heavy atom. The first-order valence-corrected chi connectivity index (χ1v) is 15.6. The Labute approximate surface area is 255 Å². The van der Waals surface area contributed by atoms with Gasteiger partial charge in [-0.2, -0.15) is 0 Å². The van der Waals surface area contributed by atoms with E-state index < -0.39 is 17.7 Å². The molecule has 0 radical (unpaired) electrons. The molecule has 2 aromatic carbocycles. The molecular weight excluding hydrogens is 543 g/mol. The van der Waals surface area contributed by atoms with Crippen LogP contribution in [-0.2, 0) is 16.0 Å². The van der Waals surface area contributed by atoms with E-state index in [1.807, 2.05) is 58.9 Å². The van der Waals surface area contributed by atoms with Crippen molar-refractivity contribution >= 4 is 11.7 Å². The highest BCUT2D eigenvalue weighted by Crippen LogP contribution is 2.46. The van der Waals surface area contributed by atoms with Crippen molar-refractivity contribution in [1.29, 1.82) is 0 Å². The molecule has 5 rings (SSSR count). The number of aromatic nitrogens is 1. The molecule has 230 valence electrons. The summed E-state index contributed by atoms with van der Waals surface area (Å²) >= 11 is 0. The first kappa shape index (κ1) is 31.0. The summed E-state index contributed by atoms with van der Waals surface area (Å²) in [7, 11) is 0. The van der Waals surface area contributed by atoms with E-state index in [4.69, 9.17) is 14.5 Å². The Hall–Kier alpha value is -3.45. The predicted molar refractivity (Wildman–Crippen MR) is 168 cm³/mol. The zero-order valence-corrected chi connectivity index (χ0v) is 26.2. The molecule has 3 aromatic rings. The standard InChI is InChI=1S/C36H45FN2O4/c1-23-31(27-12-16-30(17-13-27)42-21-19-25-10-14-29(37)15-11-25)33(39-20-18-26-8-6-7-9-28(26)22-39)32(24(2)38-23)34(35(40)41)43-36(3,4)5/h10-17,26,28,34H,6-9,18-22H2,1-5H3,(H,40,41)/t26-,28-,34?/m1/s1. The van der Waals surface area contributed by atoms with Gasteiger partial charge in [0.05, 0.1) is 17.9 Å². The molecule has 1 saturated carbocycles. The van der Waals surface area contributed by atoms with Crippen molar-refractivity contribution in [2.24, 2.45) is 11.8 Å². The lowest BCUT2D eigenvalue weighted by Gasteiger charge is -2.44. The van der Waals surface area contributed by atoms with Crippen molar-refractivity contribution in [1.82, 2.24) is 4.98 Å². The van der Waals surface area contributed by atoms with E-state index >= 15 is 0 Å². The zero-order chi connectivity index (χ0) is 30.7. The van der Waals surface area contributed by atoms with Gasteiger partial charge in [0, 0.05) is 42.0 Å². The van der Waals surface area contributed by atoms with E-state index in [2.05, 4.69) is 4.90 Å². The van der Waals surface area contributed by atoms with Crippen LogP contribution in [-0.4, -0.2) is 41.4 Å². The van der Waals surface area contributed by atoms with Crippen LogP contribution in [0.2, 0.25) is 0 Å². The van der Waals surface area contributed by atoms with Gasteiger partial charge in [-0.15, -0.1) is 0 Å². The van der Waals surface area contributed by atoms with Gasteiger partial charge in [-0.25, -0.2) is 9.18 Å². The maximum Gasteiger partial charge on any atom is 0.337 e. The Morgan fingerprint density at radius 1 is 1.00 bits per heavy atom. The first-order valence-electron chi connectivity index (χ1n) is 15.6. The average Bonchev–Trinajstić information content (AvgIpc) is 2.96. The summed E-state index contributed by atoms with van der Waals surface area (Å²) in [5, 5.41) is 10.5. The molecule has 0 spiro atoms. The summed E-state index contributed by atoms with van der Waals surface area (Å²) < 4.78 is 25.5. The lowest BCUT2D eigenvalue weighted by Crippen LogP contribution is -2.43. The number of aliphatic carboxylic acids is 1. The predicted octanol–water partition coefficient (Wildman–Crippen LogP) is 8.08. The number of benzene rings is 2. The number of hydrogen-bond donors (Lipinski definition) is 1. The highest BCUT2D eigenvalue weighted by atomic mass is 19.1. The minimum Gasteiger partial charge on any atom is -0.493 e. The van der Waals surface area contributed by atoms with Gasteiger partial charge in [0.15, 0.2) is 6.10 Å². The van der Waals surface area contributed by atoms with E-state index in [0.717, 1.165) is 59.2 Å². The van der Waals surface area contributed by atoms with E-state index in [1.165, 1.54) is 37.8 Å². The quantitative estimate of drug-likeness (QED) is 0.272. The highest BCUT2D eigenvalue weighted by molar-refractivity contribution is 5.88. The van der Waals surface area contributed by atoms with Gasteiger partial charge in [-0.1, -0.05) is 43.5 Å². The first-order chi connectivity index (χ1) is 20.5. The average molecular weight is 589 g/mol. The Bertz CT molecular complexity index is 1420. The minimum absolute atomic E-state index is 0.244. The number of aryl methyl sites for hydroxylation is 2. The molecule has 0 amide bonds. The van der Waals surface area contributed by atoms with Crippen molar-refractivity contribution in [2.45, 2.75) is 84.8 Å². The van der Waals surface area contributed by atoms with Crippen LogP contribution in [0.25, 0.3) is 11.1 Å². The van der Waals surface area contributed by atoms with Crippen LogP contribution in [0.15, 0.2) is 48.5 Å². The van der Waals surface area contributed by atoms with Crippen molar-refractivity contribution in [3.05, 3.63) is 76.9 Å². The molecule has 3 atom stereocenters. The Kier molecular flexibility index (Phi) is 9.40. The largest absolute Gasteiger partial charge is 0.493 e. The molecule has 7 heteroatoms. The smallest absolute Gasteiger partial charge is 0.337 e. The minimum atomic E-state index is -1.14. The number of nitrogens with zero attached hydrogens (tertiary/aromatic N) is 2. The molecule has 1 N–H and O–H groups in total. The van der Waals surface area contributed by atoms with Crippen molar-refractivity contribution in [2.75, 3.05) is 24.6 Å². The molecule has 2 fully saturated rings. The number of ether oxygens (including phenoxy) is 2. The number of carboxylic acids is 1. The van der Waals surface area contributed by atoms with Gasteiger partial charge in [0.25, 0.3) is 0 Å². The van der Waals surface area contributed by atoms with Crippen LogP contribution in [0, 0.1) is 31.5 Å². The summed E-state index contributed by atoms with van der Waals surface area (Å²) in [5.74, 6) is 0.849. The van der Waals surface area contributed by atoms with E-state index in [9.17, 15) is 14.3 Å². The number of rotatable bonds is 9. The summed E-state index contributed by atoms with van der Waals surface area (Å²) in [6.07, 6.45) is 5.74. The van der Waals surface area contributed by atoms with Gasteiger partial charge in [0.2, 0.25) is 0 Å². The van der Waals surface area contributed by atoms with Gasteiger partial charge in [-0.3, -0.25) is 4.98 Å². The summed E-state index contributed by atoms with van der Waals surface area (Å²) in [4.78, 5) is 20.1. The number of hydrogen-bond acceptors (Lipinski definition) is 5. The summed E-state index contributed by atoms with van der Waals surface area (Å²) in [5.41, 5.74) is 5.44. The molecule has 1 unspecified atom stereocenters. The molecule has 2 aliphatic rings. The number of anilines is 1. The van der Waals surface area contributed by atoms with Crippen molar-refractivity contribution < 1.29 is 23.8 Å². The fraction of sp³-hybridized carbons (Fsp3) is 0.500. The number of carboxylic acid groups (broad SMARTS) is 1. The summed E-state index contributed by atoms with van der Waals surface area (Å²) in [6, 6.07) is 14.5.